The second-order valence-electron chi connectivity index (χ2n) is 7.19. The van der Waals surface area contributed by atoms with Crippen LogP contribution >= 0.6 is 0 Å². The standard InChI is InChI=1S/C20H28N2O4/c1-26-16-10-8-15(9-11-16)17-6-3-2-4-13-22(17)19(23)14-21-12-5-7-18(21)20(24)25/h8-11,17-18H,2-7,12-14H2,1H3,(H,24,25)/t17?,18-/m1/s1. The summed E-state index contributed by atoms with van der Waals surface area (Å²) in [5.74, 6) is 0.0281. The summed E-state index contributed by atoms with van der Waals surface area (Å²) in [4.78, 5) is 28.2. The zero-order chi connectivity index (χ0) is 18.5. The van der Waals surface area contributed by atoms with E-state index in [1.807, 2.05) is 34.1 Å². The van der Waals surface area contributed by atoms with Gasteiger partial charge in [0.1, 0.15) is 11.8 Å². The van der Waals surface area contributed by atoms with E-state index in [0.717, 1.165) is 50.0 Å². The Bertz CT molecular complexity index is 631. The van der Waals surface area contributed by atoms with E-state index in [-0.39, 0.29) is 18.5 Å². The van der Waals surface area contributed by atoms with Crippen molar-refractivity contribution >= 4 is 11.9 Å². The zero-order valence-electron chi connectivity index (χ0n) is 15.4. The number of methoxy groups -OCH3 is 1. The summed E-state index contributed by atoms with van der Waals surface area (Å²) in [6.07, 6.45) is 5.64. The van der Waals surface area contributed by atoms with Crippen molar-refractivity contribution in [3.05, 3.63) is 29.8 Å². The second-order valence-corrected chi connectivity index (χ2v) is 7.19. The van der Waals surface area contributed by atoms with E-state index in [0.29, 0.717) is 13.0 Å². The van der Waals surface area contributed by atoms with E-state index in [1.165, 1.54) is 0 Å². The first-order valence-corrected chi connectivity index (χ1v) is 9.50. The Hall–Kier alpha value is -2.08. The predicted molar refractivity (Wildman–Crippen MR) is 98.1 cm³/mol. The highest BCUT2D eigenvalue weighted by Gasteiger charge is 2.34. The van der Waals surface area contributed by atoms with Crippen LogP contribution in [0.15, 0.2) is 24.3 Å². The van der Waals surface area contributed by atoms with Gasteiger partial charge in [0, 0.05) is 6.54 Å². The molecule has 142 valence electrons. The van der Waals surface area contributed by atoms with Crippen molar-refractivity contribution in [1.29, 1.82) is 0 Å². The Kier molecular flexibility index (Phi) is 6.14. The third kappa shape index (κ3) is 4.18. The van der Waals surface area contributed by atoms with Crippen molar-refractivity contribution in [3.8, 4) is 5.75 Å². The van der Waals surface area contributed by atoms with E-state index in [9.17, 15) is 14.7 Å². The SMILES string of the molecule is COc1ccc(C2CCCCCN2C(=O)CN2CCC[C@@H]2C(=O)O)cc1. The van der Waals surface area contributed by atoms with Crippen LogP contribution in [-0.2, 0) is 9.59 Å². The lowest BCUT2D eigenvalue weighted by Crippen LogP contribution is -2.45. The number of hydrogen-bond donors (Lipinski definition) is 1. The molecule has 1 aromatic rings. The fourth-order valence-electron chi connectivity index (χ4n) is 4.14. The van der Waals surface area contributed by atoms with Crippen molar-refractivity contribution in [2.75, 3.05) is 26.7 Å². The number of amides is 1. The summed E-state index contributed by atoms with van der Waals surface area (Å²) in [7, 11) is 1.64. The zero-order valence-corrected chi connectivity index (χ0v) is 15.4. The molecule has 6 heteroatoms. The van der Waals surface area contributed by atoms with Gasteiger partial charge in [-0.3, -0.25) is 14.5 Å². The van der Waals surface area contributed by atoms with Crippen LogP contribution < -0.4 is 4.74 Å². The molecule has 2 atom stereocenters. The first-order valence-electron chi connectivity index (χ1n) is 9.50. The number of ether oxygens (including phenoxy) is 1. The van der Waals surface area contributed by atoms with Gasteiger partial charge in [0.15, 0.2) is 0 Å². The lowest BCUT2D eigenvalue weighted by Gasteiger charge is -2.32. The van der Waals surface area contributed by atoms with Crippen LogP contribution in [0.4, 0.5) is 0 Å². The molecule has 0 aromatic heterocycles. The Morgan fingerprint density at radius 1 is 1.08 bits per heavy atom. The molecule has 1 N–H and O–H groups in total. The highest BCUT2D eigenvalue weighted by Crippen LogP contribution is 2.31. The molecule has 3 rings (SSSR count). The van der Waals surface area contributed by atoms with Gasteiger partial charge in [-0.05, 0) is 49.9 Å². The van der Waals surface area contributed by atoms with Crippen molar-refractivity contribution in [3.63, 3.8) is 0 Å². The highest BCUT2D eigenvalue weighted by atomic mass is 16.5. The first-order chi connectivity index (χ1) is 12.6. The van der Waals surface area contributed by atoms with Gasteiger partial charge in [-0.15, -0.1) is 0 Å². The van der Waals surface area contributed by atoms with Gasteiger partial charge >= 0.3 is 5.97 Å². The van der Waals surface area contributed by atoms with Gasteiger partial charge in [-0.1, -0.05) is 25.0 Å². The monoisotopic (exact) mass is 360 g/mol. The quantitative estimate of drug-likeness (QED) is 0.874. The summed E-state index contributed by atoms with van der Waals surface area (Å²) in [6.45, 7) is 1.62. The van der Waals surface area contributed by atoms with Gasteiger partial charge in [-0.25, -0.2) is 0 Å². The van der Waals surface area contributed by atoms with E-state index < -0.39 is 12.0 Å². The Morgan fingerprint density at radius 3 is 2.54 bits per heavy atom. The van der Waals surface area contributed by atoms with Crippen LogP contribution in [0.1, 0.15) is 50.1 Å². The van der Waals surface area contributed by atoms with Gasteiger partial charge in [0.05, 0.1) is 19.7 Å². The number of nitrogens with zero attached hydrogens (tertiary/aromatic N) is 2. The van der Waals surface area contributed by atoms with Gasteiger partial charge in [0.2, 0.25) is 5.91 Å². The van der Waals surface area contributed by atoms with Crippen LogP contribution in [0.2, 0.25) is 0 Å². The summed E-state index contributed by atoms with van der Waals surface area (Å²) in [5, 5.41) is 9.35. The highest BCUT2D eigenvalue weighted by molar-refractivity contribution is 5.80. The molecule has 26 heavy (non-hydrogen) atoms. The molecule has 0 saturated carbocycles. The maximum Gasteiger partial charge on any atom is 0.320 e. The summed E-state index contributed by atoms with van der Waals surface area (Å²) < 4.78 is 5.24. The third-order valence-corrected chi connectivity index (χ3v) is 5.56. The third-order valence-electron chi connectivity index (χ3n) is 5.56. The molecule has 2 aliphatic rings. The number of hydrogen-bond acceptors (Lipinski definition) is 4. The summed E-state index contributed by atoms with van der Waals surface area (Å²) in [6, 6.07) is 7.47. The number of carbonyl (C=O) groups excluding carboxylic acids is 1. The lowest BCUT2D eigenvalue weighted by molar-refractivity contribution is -0.143. The number of carboxylic acids is 1. The maximum absolute atomic E-state index is 13.0. The topological polar surface area (TPSA) is 70.1 Å². The number of benzene rings is 1. The fourth-order valence-corrected chi connectivity index (χ4v) is 4.14. The summed E-state index contributed by atoms with van der Waals surface area (Å²) in [5.41, 5.74) is 1.12. The minimum Gasteiger partial charge on any atom is -0.497 e. The molecule has 2 aliphatic heterocycles. The minimum absolute atomic E-state index is 0.0425. The van der Waals surface area contributed by atoms with Gasteiger partial charge < -0.3 is 14.7 Å². The fraction of sp³-hybridized carbons (Fsp3) is 0.600. The van der Waals surface area contributed by atoms with Gasteiger partial charge in [-0.2, -0.15) is 0 Å². The van der Waals surface area contributed by atoms with Gasteiger partial charge in [0.25, 0.3) is 0 Å². The Balaban J connectivity index is 1.75. The van der Waals surface area contributed by atoms with Crippen LogP contribution in [0, 0.1) is 0 Å². The lowest BCUT2D eigenvalue weighted by atomic mass is 10.0. The molecule has 0 bridgehead atoms. The summed E-state index contributed by atoms with van der Waals surface area (Å²) >= 11 is 0. The molecule has 0 aliphatic carbocycles. The molecule has 1 amide bonds. The molecule has 6 nitrogen and oxygen atoms in total. The number of aliphatic carboxylic acids is 1. The number of likely N-dealkylation sites (tertiary alicyclic amines) is 2. The number of carbonyl (C=O) groups is 2. The molecule has 1 aromatic carbocycles. The molecule has 2 saturated heterocycles. The van der Waals surface area contributed by atoms with Crippen LogP contribution in [0.3, 0.4) is 0 Å². The molecule has 0 radical (unpaired) electrons. The van der Waals surface area contributed by atoms with Crippen LogP contribution in [-0.4, -0.2) is 59.6 Å². The molecule has 1 unspecified atom stereocenters. The predicted octanol–water partition coefficient (Wildman–Crippen LogP) is 2.69. The van der Waals surface area contributed by atoms with Crippen molar-refractivity contribution in [1.82, 2.24) is 9.80 Å². The minimum atomic E-state index is -0.821. The van der Waals surface area contributed by atoms with E-state index in [2.05, 4.69) is 0 Å². The first kappa shape index (κ1) is 18.7. The average molecular weight is 360 g/mol. The average Bonchev–Trinajstić information content (AvgIpc) is 2.97. The normalized spacial score (nSPS) is 24.3. The van der Waals surface area contributed by atoms with Crippen molar-refractivity contribution < 1.29 is 19.4 Å². The molecule has 2 fully saturated rings. The van der Waals surface area contributed by atoms with E-state index in [4.69, 9.17) is 4.74 Å². The number of rotatable bonds is 5. The van der Waals surface area contributed by atoms with Crippen molar-refractivity contribution in [2.45, 2.75) is 50.6 Å². The Labute approximate surface area is 154 Å². The second kappa shape index (κ2) is 8.54. The van der Waals surface area contributed by atoms with Crippen LogP contribution in [0.25, 0.3) is 0 Å². The molecular weight excluding hydrogens is 332 g/mol. The van der Waals surface area contributed by atoms with Crippen molar-refractivity contribution in [2.24, 2.45) is 0 Å². The molecular formula is C20H28N2O4. The Morgan fingerprint density at radius 2 is 1.85 bits per heavy atom. The number of carboxylic acid groups (broad SMARTS) is 1. The molecule has 0 spiro atoms. The maximum atomic E-state index is 13.0. The van der Waals surface area contributed by atoms with E-state index >= 15 is 0 Å². The van der Waals surface area contributed by atoms with E-state index in [1.54, 1.807) is 7.11 Å². The largest absolute Gasteiger partial charge is 0.497 e. The smallest absolute Gasteiger partial charge is 0.320 e. The molecule has 2 heterocycles. The van der Waals surface area contributed by atoms with Crippen LogP contribution in [0.5, 0.6) is 5.75 Å².